The highest BCUT2D eigenvalue weighted by Gasteiger charge is 2.14. The van der Waals surface area contributed by atoms with Gasteiger partial charge >= 0.3 is 0 Å². The molecule has 6 heteroatoms. The minimum absolute atomic E-state index is 0.487. The highest BCUT2D eigenvalue weighted by Crippen LogP contribution is 2.20. The van der Waals surface area contributed by atoms with Crippen LogP contribution >= 0.6 is 12.2 Å². The Morgan fingerprint density at radius 1 is 1.38 bits per heavy atom. The minimum Gasteiger partial charge on any atom is -0.481 e. The highest BCUT2D eigenvalue weighted by molar-refractivity contribution is 7.80. The van der Waals surface area contributed by atoms with Crippen molar-refractivity contribution in [2.24, 2.45) is 0 Å². The second-order valence-electron chi connectivity index (χ2n) is 5.10. The molecule has 0 atom stereocenters. The van der Waals surface area contributed by atoms with Gasteiger partial charge in [0.2, 0.25) is 5.88 Å². The zero-order valence-electron chi connectivity index (χ0n) is 12.4. The lowest BCUT2D eigenvalue weighted by molar-refractivity contribution is 0.0574. The third-order valence-corrected chi connectivity index (χ3v) is 3.71. The van der Waals surface area contributed by atoms with Crippen molar-refractivity contribution in [1.82, 2.24) is 10.3 Å². The van der Waals surface area contributed by atoms with E-state index in [1.165, 1.54) is 25.7 Å². The van der Waals surface area contributed by atoms with E-state index in [0.717, 1.165) is 25.3 Å². The Balaban J connectivity index is 1.56. The fourth-order valence-corrected chi connectivity index (χ4v) is 2.55. The Labute approximate surface area is 131 Å². The van der Waals surface area contributed by atoms with E-state index in [1.807, 2.05) is 6.07 Å². The summed E-state index contributed by atoms with van der Waals surface area (Å²) in [5, 5.41) is 6.85. The van der Waals surface area contributed by atoms with Crippen molar-refractivity contribution in [3.63, 3.8) is 0 Å². The van der Waals surface area contributed by atoms with E-state index in [0.29, 0.717) is 17.1 Å². The molecule has 1 aliphatic rings. The van der Waals surface area contributed by atoms with Gasteiger partial charge in [-0.05, 0) is 37.5 Å². The predicted molar refractivity (Wildman–Crippen MR) is 87.8 cm³/mol. The van der Waals surface area contributed by atoms with E-state index < -0.39 is 0 Å². The standard InChI is InChI=1S/C15H23N3O2S/c1-19-14-8-7-12(11-17-14)18-15(21)16-9-4-10-20-13-5-2-3-6-13/h7-8,11,13H,2-6,9-10H2,1H3,(H2,16,18,21). The molecule has 1 saturated carbocycles. The fraction of sp³-hybridized carbons (Fsp3) is 0.600. The van der Waals surface area contributed by atoms with Crippen molar-refractivity contribution < 1.29 is 9.47 Å². The summed E-state index contributed by atoms with van der Waals surface area (Å²) in [6.45, 7) is 1.60. The fourth-order valence-electron chi connectivity index (χ4n) is 2.33. The number of ether oxygens (including phenoxy) is 2. The van der Waals surface area contributed by atoms with E-state index in [1.54, 1.807) is 19.4 Å². The topological polar surface area (TPSA) is 55.4 Å². The summed E-state index contributed by atoms with van der Waals surface area (Å²) < 4.78 is 10.8. The molecule has 0 saturated heterocycles. The number of rotatable bonds is 7. The van der Waals surface area contributed by atoms with Crippen LogP contribution in [0.25, 0.3) is 0 Å². The van der Waals surface area contributed by atoms with Gasteiger partial charge in [-0.2, -0.15) is 0 Å². The largest absolute Gasteiger partial charge is 0.481 e. The first-order valence-corrected chi connectivity index (χ1v) is 7.85. The van der Waals surface area contributed by atoms with Crippen LogP contribution < -0.4 is 15.4 Å². The van der Waals surface area contributed by atoms with Gasteiger partial charge < -0.3 is 20.1 Å². The molecule has 2 N–H and O–H groups in total. The average Bonchev–Trinajstić information content (AvgIpc) is 3.01. The second kappa shape index (κ2) is 8.79. The van der Waals surface area contributed by atoms with Gasteiger partial charge in [0.05, 0.1) is 25.1 Å². The molecule has 116 valence electrons. The molecule has 0 amide bonds. The van der Waals surface area contributed by atoms with Gasteiger partial charge in [-0.1, -0.05) is 12.8 Å². The van der Waals surface area contributed by atoms with Crippen LogP contribution in [-0.4, -0.2) is 36.5 Å². The summed E-state index contributed by atoms with van der Waals surface area (Å²) in [5.41, 5.74) is 0.843. The molecule has 1 aromatic heterocycles. The molecule has 5 nitrogen and oxygen atoms in total. The maximum absolute atomic E-state index is 5.80. The van der Waals surface area contributed by atoms with Gasteiger partial charge in [-0.25, -0.2) is 4.98 Å². The number of pyridine rings is 1. The Morgan fingerprint density at radius 3 is 2.86 bits per heavy atom. The first-order valence-electron chi connectivity index (χ1n) is 7.44. The monoisotopic (exact) mass is 309 g/mol. The Bertz CT molecular complexity index is 433. The van der Waals surface area contributed by atoms with Crippen molar-refractivity contribution >= 4 is 23.0 Å². The molecule has 0 spiro atoms. The number of nitrogens with zero attached hydrogens (tertiary/aromatic N) is 1. The molecule has 0 aromatic carbocycles. The molecule has 1 fully saturated rings. The SMILES string of the molecule is COc1ccc(NC(=S)NCCCOC2CCCC2)cn1. The highest BCUT2D eigenvalue weighted by atomic mass is 32.1. The lowest BCUT2D eigenvalue weighted by Gasteiger charge is -2.12. The number of thiocarbonyl (C=S) groups is 1. The summed E-state index contributed by atoms with van der Waals surface area (Å²) in [4.78, 5) is 4.11. The molecule has 1 heterocycles. The van der Waals surface area contributed by atoms with Gasteiger partial charge in [0.15, 0.2) is 5.11 Å². The number of anilines is 1. The Morgan fingerprint density at radius 2 is 2.19 bits per heavy atom. The normalized spacial score (nSPS) is 14.9. The van der Waals surface area contributed by atoms with Crippen molar-refractivity contribution in [2.75, 3.05) is 25.6 Å². The molecule has 0 aliphatic heterocycles. The van der Waals surface area contributed by atoms with Crippen LogP contribution in [-0.2, 0) is 4.74 Å². The lowest BCUT2D eigenvalue weighted by Crippen LogP contribution is -2.30. The van der Waals surface area contributed by atoms with Crippen molar-refractivity contribution in [2.45, 2.75) is 38.2 Å². The van der Waals surface area contributed by atoms with E-state index in [4.69, 9.17) is 21.7 Å². The number of hydrogen-bond acceptors (Lipinski definition) is 4. The molecule has 21 heavy (non-hydrogen) atoms. The summed E-state index contributed by atoms with van der Waals surface area (Å²) in [5.74, 6) is 0.587. The van der Waals surface area contributed by atoms with Crippen LogP contribution in [0.5, 0.6) is 5.88 Å². The number of hydrogen-bond donors (Lipinski definition) is 2. The summed E-state index contributed by atoms with van der Waals surface area (Å²) in [6.07, 6.45) is 8.20. The minimum atomic E-state index is 0.487. The summed E-state index contributed by atoms with van der Waals surface area (Å²) >= 11 is 5.23. The van der Waals surface area contributed by atoms with Gasteiger partial charge in [-0.15, -0.1) is 0 Å². The maximum Gasteiger partial charge on any atom is 0.213 e. The van der Waals surface area contributed by atoms with Gasteiger partial charge in [0.25, 0.3) is 0 Å². The first-order chi connectivity index (χ1) is 10.3. The maximum atomic E-state index is 5.80. The van der Waals surface area contributed by atoms with Gasteiger partial charge in [0, 0.05) is 19.2 Å². The third kappa shape index (κ3) is 5.85. The molecule has 1 aromatic rings. The van der Waals surface area contributed by atoms with E-state index in [9.17, 15) is 0 Å². The van der Waals surface area contributed by atoms with Crippen LogP contribution in [0.15, 0.2) is 18.3 Å². The lowest BCUT2D eigenvalue weighted by atomic mass is 10.3. The van der Waals surface area contributed by atoms with Crippen LogP contribution in [0, 0.1) is 0 Å². The molecule has 0 radical (unpaired) electrons. The molecular weight excluding hydrogens is 286 g/mol. The molecule has 1 aliphatic carbocycles. The second-order valence-corrected chi connectivity index (χ2v) is 5.51. The smallest absolute Gasteiger partial charge is 0.213 e. The molecule has 0 bridgehead atoms. The Hall–Kier alpha value is -1.40. The van der Waals surface area contributed by atoms with Crippen molar-refractivity contribution in [3.8, 4) is 5.88 Å². The number of nitrogens with one attached hydrogen (secondary N) is 2. The number of methoxy groups -OCH3 is 1. The number of aromatic nitrogens is 1. The quantitative estimate of drug-likeness (QED) is 0.597. The third-order valence-electron chi connectivity index (χ3n) is 3.47. The zero-order valence-corrected chi connectivity index (χ0v) is 13.2. The molecule has 0 unspecified atom stereocenters. The van der Waals surface area contributed by atoms with Crippen LogP contribution in [0.3, 0.4) is 0 Å². The van der Waals surface area contributed by atoms with Crippen LogP contribution in [0.1, 0.15) is 32.1 Å². The van der Waals surface area contributed by atoms with Gasteiger partial charge in [0.1, 0.15) is 0 Å². The molecular formula is C15H23N3O2S. The average molecular weight is 309 g/mol. The summed E-state index contributed by atoms with van der Waals surface area (Å²) in [7, 11) is 1.59. The van der Waals surface area contributed by atoms with Crippen molar-refractivity contribution in [3.05, 3.63) is 18.3 Å². The van der Waals surface area contributed by atoms with Crippen molar-refractivity contribution in [1.29, 1.82) is 0 Å². The predicted octanol–water partition coefficient (Wildman–Crippen LogP) is 2.73. The van der Waals surface area contributed by atoms with E-state index in [2.05, 4.69) is 15.6 Å². The van der Waals surface area contributed by atoms with E-state index >= 15 is 0 Å². The van der Waals surface area contributed by atoms with E-state index in [-0.39, 0.29) is 0 Å². The Kier molecular flexibility index (Phi) is 6.69. The van der Waals surface area contributed by atoms with Crippen LogP contribution in [0.4, 0.5) is 5.69 Å². The zero-order chi connectivity index (χ0) is 14.9. The first kappa shape index (κ1) is 16.0. The van der Waals surface area contributed by atoms with Gasteiger partial charge in [-0.3, -0.25) is 0 Å². The van der Waals surface area contributed by atoms with Crippen LogP contribution in [0.2, 0.25) is 0 Å². The molecule has 2 rings (SSSR count). The summed E-state index contributed by atoms with van der Waals surface area (Å²) in [6, 6.07) is 3.67.